The van der Waals surface area contributed by atoms with Crippen molar-refractivity contribution in [2.45, 2.75) is 18.8 Å². The van der Waals surface area contributed by atoms with Crippen molar-refractivity contribution in [3.63, 3.8) is 0 Å². The first-order chi connectivity index (χ1) is 16.5. The summed E-state index contributed by atoms with van der Waals surface area (Å²) in [5.74, 6) is 1.85. The molecule has 2 amide bonds. The second-order valence-electron chi connectivity index (χ2n) is 7.87. The maximum atomic E-state index is 12.5. The summed E-state index contributed by atoms with van der Waals surface area (Å²) in [5.41, 5.74) is 1.22. The van der Waals surface area contributed by atoms with E-state index in [0.29, 0.717) is 59.7 Å². The molecular formula is C24H25ClN4O5. The Kier molecular flexibility index (Phi) is 7.32. The number of amides is 2. The minimum absolute atomic E-state index is 0.0594. The summed E-state index contributed by atoms with van der Waals surface area (Å²) in [6.07, 6.45) is 1.40. The van der Waals surface area contributed by atoms with Crippen LogP contribution in [0.3, 0.4) is 0 Å². The highest BCUT2D eigenvalue weighted by Crippen LogP contribution is 2.33. The van der Waals surface area contributed by atoms with Gasteiger partial charge >= 0.3 is 0 Å². The Morgan fingerprint density at radius 1 is 1.09 bits per heavy atom. The summed E-state index contributed by atoms with van der Waals surface area (Å²) in [7, 11) is 3.15. The molecule has 1 aliphatic rings. The average Bonchev–Trinajstić information content (AvgIpc) is 3.37. The highest BCUT2D eigenvalue weighted by molar-refractivity contribution is 6.30. The molecule has 1 fully saturated rings. The van der Waals surface area contributed by atoms with Crippen LogP contribution >= 0.6 is 11.6 Å². The molecule has 1 N–H and O–H groups in total. The summed E-state index contributed by atoms with van der Waals surface area (Å²) in [6.45, 7) is 1.04. The molecule has 1 saturated heterocycles. The molecule has 4 rings (SSSR count). The van der Waals surface area contributed by atoms with Gasteiger partial charge in [-0.25, -0.2) is 0 Å². The molecule has 3 aromatic rings. The van der Waals surface area contributed by atoms with Crippen molar-refractivity contribution in [2.75, 3.05) is 33.9 Å². The number of benzene rings is 2. The number of rotatable bonds is 7. The maximum Gasteiger partial charge on any atom is 0.251 e. The first-order valence-corrected chi connectivity index (χ1v) is 11.2. The monoisotopic (exact) mass is 484 g/mol. The van der Waals surface area contributed by atoms with Crippen molar-refractivity contribution in [2.24, 2.45) is 0 Å². The quantitative estimate of drug-likeness (QED) is 0.546. The summed E-state index contributed by atoms with van der Waals surface area (Å²) < 4.78 is 16.1. The predicted octanol–water partition coefficient (Wildman–Crippen LogP) is 3.54. The van der Waals surface area contributed by atoms with E-state index in [1.807, 2.05) is 6.07 Å². The summed E-state index contributed by atoms with van der Waals surface area (Å²) >= 11 is 5.84. The number of piperidine rings is 1. The fraction of sp³-hybridized carbons (Fsp3) is 0.333. The van der Waals surface area contributed by atoms with Crippen LogP contribution < -0.4 is 14.8 Å². The van der Waals surface area contributed by atoms with Crippen molar-refractivity contribution < 1.29 is 23.6 Å². The van der Waals surface area contributed by atoms with Crippen LogP contribution in [0.1, 0.15) is 35.0 Å². The Labute approximate surface area is 202 Å². The van der Waals surface area contributed by atoms with Crippen LogP contribution in [0.5, 0.6) is 11.5 Å². The van der Waals surface area contributed by atoms with Crippen molar-refractivity contribution in [1.29, 1.82) is 0 Å². The van der Waals surface area contributed by atoms with Crippen LogP contribution in [-0.2, 0) is 4.79 Å². The molecule has 0 bridgehead atoms. The number of aromatic nitrogens is 2. The molecule has 1 aromatic heterocycles. The van der Waals surface area contributed by atoms with Gasteiger partial charge < -0.3 is 24.2 Å². The Hall–Kier alpha value is -3.59. The number of nitrogens with one attached hydrogen (secondary N) is 1. The topological polar surface area (TPSA) is 107 Å². The largest absolute Gasteiger partial charge is 0.493 e. The van der Waals surface area contributed by atoms with Crippen molar-refractivity contribution >= 4 is 23.4 Å². The first kappa shape index (κ1) is 23.6. The molecule has 10 heteroatoms. The lowest BCUT2D eigenvalue weighted by Gasteiger charge is -2.30. The van der Waals surface area contributed by atoms with Gasteiger partial charge in [-0.3, -0.25) is 9.59 Å². The lowest BCUT2D eigenvalue weighted by Crippen LogP contribution is -2.43. The zero-order valence-electron chi connectivity index (χ0n) is 18.9. The van der Waals surface area contributed by atoms with Crippen molar-refractivity contribution in [3.8, 4) is 22.9 Å². The van der Waals surface area contributed by atoms with E-state index in [0.717, 1.165) is 5.56 Å². The molecule has 2 heterocycles. The molecule has 0 saturated carbocycles. The van der Waals surface area contributed by atoms with Crippen LogP contribution in [0.25, 0.3) is 11.4 Å². The van der Waals surface area contributed by atoms with Gasteiger partial charge in [-0.15, -0.1) is 0 Å². The number of carbonyl (C=O) groups excluding carboxylic acids is 2. The molecule has 9 nitrogen and oxygen atoms in total. The molecule has 0 aliphatic carbocycles. The van der Waals surface area contributed by atoms with Gasteiger partial charge in [-0.2, -0.15) is 4.98 Å². The third-order valence-corrected chi connectivity index (χ3v) is 6.04. The van der Waals surface area contributed by atoms with E-state index in [-0.39, 0.29) is 24.3 Å². The second-order valence-corrected chi connectivity index (χ2v) is 8.31. The van der Waals surface area contributed by atoms with Crippen LogP contribution in [0.4, 0.5) is 0 Å². The zero-order chi connectivity index (χ0) is 24.1. The van der Waals surface area contributed by atoms with E-state index in [4.69, 9.17) is 25.6 Å². The van der Waals surface area contributed by atoms with E-state index in [1.54, 1.807) is 55.5 Å². The normalized spacial score (nSPS) is 14.0. The minimum Gasteiger partial charge on any atom is -0.493 e. The maximum absolute atomic E-state index is 12.5. The minimum atomic E-state index is -0.312. The van der Waals surface area contributed by atoms with E-state index in [1.165, 1.54) is 0 Å². The summed E-state index contributed by atoms with van der Waals surface area (Å²) in [5, 5.41) is 7.32. The zero-order valence-corrected chi connectivity index (χ0v) is 19.7. The number of likely N-dealkylation sites (tertiary alicyclic amines) is 1. The number of hydrogen-bond acceptors (Lipinski definition) is 7. The van der Waals surface area contributed by atoms with Crippen LogP contribution in [-0.4, -0.2) is 60.7 Å². The summed E-state index contributed by atoms with van der Waals surface area (Å²) in [4.78, 5) is 31.1. The van der Waals surface area contributed by atoms with Crippen LogP contribution in [0.15, 0.2) is 47.0 Å². The number of carbonyl (C=O) groups is 2. The third kappa shape index (κ3) is 5.31. The number of methoxy groups -OCH3 is 2. The van der Waals surface area contributed by atoms with Gasteiger partial charge in [0.25, 0.3) is 5.91 Å². The Bertz CT molecular complexity index is 1160. The fourth-order valence-electron chi connectivity index (χ4n) is 3.84. The van der Waals surface area contributed by atoms with Gasteiger partial charge in [0.05, 0.1) is 20.8 Å². The predicted molar refractivity (Wildman–Crippen MR) is 125 cm³/mol. The van der Waals surface area contributed by atoms with Crippen molar-refractivity contribution in [1.82, 2.24) is 20.4 Å². The van der Waals surface area contributed by atoms with Gasteiger partial charge in [0.15, 0.2) is 11.5 Å². The number of hydrogen-bond donors (Lipinski definition) is 1. The van der Waals surface area contributed by atoms with Gasteiger partial charge in [-0.05, 0) is 55.3 Å². The van der Waals surface area contributed by atoms with E-state index in [2.05, 4.69) is 15.5 Å². The van der Waals surface area contributed by atoms with Crippen molar-refractivity contribution in [3.05, 3.63) is 58.9 Å². The average molecular weight is 485 g/mol. The Balaban J connectivity index is 1.30. The molecule has 0 radical (unpaired) electrons. The number of halogens is 1. The third-order valence-electron chi connectivity index (χ3n) is 5.79. The second kappa shape index (κ2) is 10.6. The smallest absolute Gasteiger partial charge is 0.251 e. The molecule has 0 atom stereocenters. The van der Waals surface area contributed by atoms with E-state index in [9.17, 15) is 9.59 Å². The lowest BCUT2D eigenvalue weighted by molar-refractivity contribution is -0.131. The highest BCUT2D eigenvalue weighted by Gasteiger charge is 2.28. The molecular weight excluding hydrogens is 460 g/mol. The fourth-order valence-corrected chi connectivity index (χ4v) is 3.97. The van der Waals surface area contributed by atoms with Crippen LogP contribution in [0.2, 0.25) is 5.02 Å². The van der Waals surface area contributed by atoms with Gasteiger partial charge in [0.1, 0.15) is 0 Å². The molecule has 0 spiro atoms. The van der Waals surface area contributed by atoms with Gasteiger partial charge in [0, 0.05) is 35.2 Å². The SMILES string of the molecule is COc1ccc(-c2noc(C3CCN(C(=O)CNC(=O)c4ccc(Cl)cc4)CC3)n2)cc1OC. The summed E-state index contributed by atoms with van der Waals surface area (Å²) in [6, 6.07) is 11.9. The molecule has 178 valence electrons. The number of nitrogens with zero attached hydrogens (tertiary/aromatic N) is 3. The lowest BCUT2D eigenvalue weighted by atomic mass is 9.96. The highest BCUT2D eigenvalue weighted by atomic mass is 35.5. The molecule has 34 heavy (non-hydrogen) atoms. The Morgan fingerprint density at radius 2 is 1.79 bits per heavy atom. The molecule has 2 aromatic carbocycles. The molecule has 1 aliphatic heterocycles. The van der Waals surface area contributed by atoms with Gasteiger partial charge in [0.2, 0.25) is 17.6 Å². The van der Waals surface area contributed by atoms with Crippen LogP contribution in [0, 0.1) is 0 Å². The number of ether oxygens (including phenoxy) is 2. The van der Waals surface area contributed by atoms with Gasteiger partial charge in [-0.1, -0.05) is 16.8 Å². The Morgan fingerprint density at radius 3 is 2.47 bits per heavy atom. The van der Waals surface area contributed by atoms with E-state index < -0.39 is 0 Å². The van der Waals surface area contributed by atoms with E-state index >= 15 is 0 Å². The first-order valence-electron chi connectivity index (χ1n) is 10.9. The molecule has 0 unspecified atom stereocenters. The standard InChI is InChI=1S/C24H25ClN4O5/c1-32-19-8-5-17(13-20(19)33-2)22-27-24(34-28-22)16-9-11-29(12-10-16)21(30)14-26-23(31)15-3-6-18(25)7-4-15/h3-8,13,16H,9-12,14H2,1-2H3,(H,26,31).